The van der Waals surface area contributed by atoms with Gasteiger partial charge < -0.3 is 4.74 Å². The Bertz CT molecular complexity index is 493. The van der Waals surface area contributed by atoms with Crippen molar-refractivity contribution in [1.29, 1.82) is 0 Å². The average Bonchev–Trinajstić information content (AvgIpc) is 2.64. The lowest BCUT2D eigenvalue weighted by molar-refractivity contribution is 0.0597. The molecule has 5 heteroatoms. The number of nitrogens with zero attached hydrogens (tertiary/aromatic N) is 1. The van der Waals surface area contributed by atoms with E-state index in [4.69, 9.17) is 0 Å². The number of halogens is 1. The van der Waals surface area contributed by atoms with Crippen LogP contribution >= 0.6 is 0 Å². The maximum absolute atomic E-state index is 13.3. The summed E-state index contributed by atoms with van der Waals surface area (Å²) in [6, 6.07) is 2.75. The molecule has 0 aliphatic rings. The molecule has 0 radical (unpaired) electrons. The van der Waals surface area contributed by atoms with Crippen LogP contribution < -0.4 is 0 Å². The predicted octanol–water partition coefficient (Wildman–Crippen LogP) is 1.49. The molecule has 72 valence electrons. The summed E-state index contributed by atoms with van der Waals surface area (Å²) in [6.45, 7) is 0. The predicted molar refractivity (Wildman–Crippen MR) is 47.4 cm³/mol. The van der Waals surface area contributed by atoms with E-state index in [0.29, 0.717) is 10.9 Å². The fraction of sp³-hybridized carbons (Fsp3) is 0.111. The van der Waals surface area contributed by atoms with Crippen LogP contribution in [0.5, 0.6) is 0 Å². The number of nitrogens with one attached hydrogen (secondary N) is 1. The molecule has 0 aliphatic carbocycles. The molecule has 14 heavy (non-hydrogen) atoms. The Balaban J connectivity index is 2.76. The highest BCUT2D eigenvalue weighted by molar-refractivity contribution is 6.02. The van der Waals surface area contributed by atoms with Gasteiger partial charge in [0, 0.05) is 5.39 Å². The second-order valence-corrected chi connectivity index (χ2v) is 2.75. The first-order valence-corrected chi connectivity index (χ1v) is 3.94. The van der Waals surface area contributed by atoms with Gasteiger partial charge >= 0.3 is 5.97 Å². The maximum atomic E-state index is 13.3. The largest absolute Gasteiger partial charge is 0.465 e. The van der Waals surface area contributed by atoms with Gasteiger partial charge in [0.25, 0.3) is 0 Å². The van der Waals surface area contributed by atoms with Crippen LogP contribution in [-0.2, 0) is 4.74 Å². The quantitative estimate of drug-likeness (QED) is 0.699. The van der Waals surface area contributed by atoms with Crippen molar-refractivity contribution in [3.05, 3.63) is 29.7 Å². The molecule has 1 aromatic heterocycles. The normalized spacial score (nSPS) is 10.4. The molecule has 2 rings (SSSR count). The number of benzene rings is 1. The number of esters is 1. The minimum Gasteiger partial charge on any atom is -0.465 e. The first-order valence-electron chi connectivity index (χ1n) is 3.94. The minimum absolute atomic E-state index is 0.109. The molecule has 0 unspecified atom stereocenters. The number of hydrogen-bond donors (Lipinski definition) is 1. The van der Waals surface area contributed by atoms with Gasteiger partial charge in [0.05, 0.1) is 18.8 Å². The summed E-state index contributed by atoms with van der Waals surface area (Å²) in [5, 5.41) is 6.95. The van der Waals surface area contributed by atoms with E-state index >= 15 is 0 Å². The summed E-state index contributed by atoms with van der Waals surface area (Å²) in [7, 11) is 1.21. The van der Waals surface area contributed by atoms with Crippen molar-refractivity contribution in [1.82, 2.24) is 10.2 Å². The summed E-state index contributed by atoms with van der Waals surface area (Å²) in [5.41, 5.74) is 0.249. The van der Waals surface area contributed by atoms with E-state index in [1.807, 2.05) is 0 Å². The van der Waals surface area contributed by atoms with Gasteiger partial charge in [-0.05, 0) is 12.1 Å². The van der Waals surface area contributed by atoms with Crippen LogP contribution in [-0.4, -0.2) is 23.3 Å². The van der Waals surface area contributed by atoms with Gasteiger partial charge in [-0.1, -0.05) is 0 Å². The smallest absolute Gasteiger partial charge is 0.343 e. The van der Waals surface area contributed by atoms with Crippen molar-refractivity contribution in [2.24, 2.45) is 0 Å². The number of ether oxygens (including phenoxy) is 1. The van der Waals surface area contributed by atoms with Gasteiger partial charge in [-0.25, -0.2) is 9.18 Å². The third-order valence-electron chi connectivity index (χ3n) is 1.96. The molecule has 0 amide bonds. The van der Waals surface area contributed by atoms with Crippen molar-refractivity contribution >= 4 is 16.9 Å². The number of rotatable bonds is 1. The average molecular weight is 194 g/mol. The van der Waals surface area contributed by atoms with Gasteiger partial charge in [-0.3, -0.25) is 5.10 Å². The molecule has 0 fully saturated rings. The third kappa shape index (κ3) is 1.14. The fourth-order valence-corrected chi connectivity index (χ4v) is 1.29. The monoisotopic (exact) mass is 194 g/mol. The van der Waals surface area contributed by atoms with Crippen LogP contribution in [0.3, 0.4) is 0 Å². The van der Waals surface area contributed by atoms with Crippen LogP contribution in [0.4, 0.5) is 4.39 Å². The second-order valence-electron chi connectivity index (χ2n) is 2.75. The molecule has 0 saturated carbocycles. The van der Waals surface area contributed by atoms with Crippen molar-refractivity contribution < 1.29 is 13.9 Å². The number of fused-ring (bicyclic) bond motifs is 1. The molecule has 1 aromatic carbocycles. The highest BCUT2D eigenvalue weighted by Gasteiger charge is 2.17. The summed E-state index contributed by atoms with van der Waals surface area (Å²) >= 11 is 0. The maximum Gasteiger partial charge on any atom is 0.343 e. The zero-order valence-electron chi connectivity index (χ0n) is 7.37. The van der Waals surface area contributed by atoms with E-state index in [1.54, 1.807) is 6.07 Å². The number of hydrogen-bond acceptors (Lipinski definition) is 3. The standard InChI is InChI=1S/C9H7FN2O2/c1-14-9(13)7-6(10)3-2-5-4-11-12-8(5)7/h2-4H,1H3,(H,11,12). The fourth-order valence-electron chi connectivity index (χ4n) is 1.29. The molecule has 0 saturated heterocycles. The molecule has 1 N–H and O–H groups in total. The van der Waals surface area contributed by atoms with Crippen molar-refractivity contribution in [2.45, 2.75) is 0 Å². The Morgan fingerprint density at radius 2 is 2.36 bits per heavy atom. The highest BCUT2D eigenvalue weighted by Crippen LogP contribution is 2.19. The summed E-state index contributed by atoms with van der Waals surface area (Å²) in [4.78, 5) is 11.2. The van der Waals surface area contributed by atoms with E-state index in [-0.39, 0.29) is 5.56 Å². The molecule has 0 aliphatic heterocycles. The van der Waals surface area contributed by atoms with Gasteiger partial charge in [0.1, 0.15) is 11.4 Å². The van der Waals surface area contributed by atoms with Crippen molar-refractivity contribution in [3.63, 3.8) is 0 Å². The second kappa shape index (κ2) is 3.10. The van der Waals surface area contributed by atoms with E-state index < -0.39 is 11.8 Å². The Morgan fingerprint density at radius 1 is 1.57 bits per heavy atom. The lowest BCUT2D eigenvalue weighted by Gasteiger charge is -2.01. The molecular weight excluding hydrogens is 187 g/mol. The van der Waals surface area contributed by atoms with E-state index in [0.717, 1.165) is 0 Å². The first-order chi connectivity index (χ1) is 6.74. The van der Waals surface area contributed by atoms with Gasteiger partial charge in [-0.2, -0.15) is 5.10 Å². The van der Waals surface area contributed by atoms with Gasteiger partial charge in [-0.15, -0.1) is 0 Å². The number of methoxy groups -OCH3 is 1. The molecule has 1 heterocycles. The summed E-state index contributed by atoms with van der Waals surface area (Å²) < 4.78 is 17.8. The van der Waals surface area contributed by atoms with Gasteiger partial charge in [0.2, 0.25) is 0 Å². The van der Waals surface area contributed by atoms with Crippen LogP contribution in [0.15, 0.2) is 18.3 Å². The summed E-state index contributed by atoms with van der Waals surface area (Å²) in [5.74, 6) is -1.33. The number of aromatic amines is 1. The minimum atomic E-state index is -0.711. The third-order valence-corrected chi connectivity index (χ3v) is 1.96. The zero-order valence-corrected chi connectivity index (χ0v) is 7.37. The van der Waals surface area contributed by atoms with Crippen molar-refractivity contribution in [2.75, 3.05) is 7.11 Å². The SMILES string of the molecule is COC(=O)c1c(F)ccc2cn[nH]c12. The number of carbonyl (C=O) groups excluding carboxylic acids is 1. The lowest BCUT2D eigenvalue weighted by atomic mass is 10.1. The Kier molecular flexibility index (Phi) is 1.92. The molecule has 4 nitrogen and oxygen atoms in total. The molecule has 0 atom stereocenters. The van der Waals surface area contributed by atoms with Crippen LogP contribution in [0.2, 0.25) is 0 Å². The Labute approximate surface area is 78.7 Å². The molecule has 2 aromatic rings. The number of H-pyrrole nitrogens is 1. The number of aromatic nitrogens is 2. The number of carbonyl (C=O) groups is 1. The summed E-state index contributed by atoms with van der Waals surface area (Å²) in [6.07, 6.45) is 1.52. The molecular formula is C9H7FN2O2. The van der Waals surface area contributed by atoms with Gasteiger partial charge in [0.15, 0.2) is 0 Å². The Hall–Kier alpha value is -1.91. The van der Waals surface area contributed by atoms with Crippen LogP contribution in [0.1, 0.15) is 10.4 Å². The lowest BCUT2D eigenvalue weighted by Crippen LogP contribution is -2.05. The van der Waals surface area contributed by atoms with Crippen LogP contribution in [0.25, 0.3) is 10.9 Å². The van der Waals surface area contributed by atoms with E-state index in [9.17, 15) is 9.18 Å². The van der Waals surface area contributed by atoms with Crippen LogP contribution in [0, 0.1) is 5.82 Å². The molecule has 0 bridgehead atoms. The first kappa shape index (κ1) is 8.68. The molecule has 0 spiro atoms. The zero-order chi connectivity index (χ0) is 10.1. The highest BCUT2D eigenvalue weighted by atomic mass is 19.1. The Morgan fingerprint density at radius 3 is 3.07 bits per heavy atom. The van der Waals surface area contributed by atoms with Crippen molar-refractivity contribution in [3.8, 4) is 0 Å². The van der Waals surface area contributed by atoms with E-state index in [1.165, 1.54) is 19.4 Å². The topological polar surface area (TPSA) is 55.0 Å². The van der Waals surface area contributed by atoms with E-state index in [2.05, 4.69) is 14.9 Å².